The number of aryl methyl sites for hydroxylation is 2. The zero-order chi connectivity index (χ0) is 86.8. The molecule has 0 saturated carbocycles. The molecule has 0 unspecified atom stereocenters. The maximum absolute atomic E-state index is 14.4. The van der Waals surface area contributed by atoms with Gasteiger partial charge in [-0.15, -0.1) is 131 Å². The van der Waals surface area contributed by atoms with Crippen molar-refractivity contribution in [2.45, 2.75) is 51.4 Å². The summed E-state index contributed by atoms with van der Waals surface area (Å²) >= 11 is 0. The molecule has 10 aromatic heterocycles. The molecule has 0 bridgehead atoms. The van der Waals surface area contributed by atoms with Gasteiger partial charge in [-0.25, -0.2) is 11.1 Å². The van der Waals surface area contributed by atoms with Gasteiger partial charge in [0.2, 0.25) is 0 Å². The molecule has 10 heterocycles. The van der Waals surface area contributed by atoms with Crippen molar-refractivity contribution in [3.05, 3.63) is 468 Å². The molecule has 0 N–H and O–H groups in total. The maximum Gasteiger partial charge on any atom is 2.00 e. The van der Waals surface area contributed by atoms with Crippen LogP contribution in [0.1, 0.15) is 88.6 Å². The van der Waals surface area contributed by atoms with E-state index in [4.69, 9.17) is 9.97 Å². The first-order valence-corrected chi connectivity index (χ1v) is 41.0. The van der Waals surface area contributed by atoms with Gasteiger partial charge < -0.3 is 23.9 Å². The van der Waals surface area contributed by atoms with E-state index in [1.54, 1.807) is 60.9 Å². The van der Waals surface area contributed by atoms with E-state index in [9.17, 15) is 22.4 Å². The first-order chi connectivity index (χ1) is 61.4. The summed E-state index contributed by atoms with van der Waals surface area (Å²) in [5.74, 6) is -3.58. The van der Waals surface area contributed by atoms with Crippen molar-refractivity contribution in [3.8, 4) is 78.9 Å². The Labute approximate surface area is 810 Å². The number of aromatic nitrogens is 10. The quantitative estimate of drug-likeness (QED) is 0.0497. The maximum atomic E-state index is 14.4. The Kier molecular flexibility index (Phi) is 31.0. The molecule has 10 aromatic carbocycles. The SMILES string of the molecule is CC(C)(c1[c-]c(-c2[c-]c(C(C)(C)c3ccccn3)ccc2)ccc1)c1ccccn1.Cn1c(-c2cccc(Cc3cccc(-c4[c-]c5ccccc5n4C)n3)n2)[c-]c2ccccc21.Fc1cc(F)c(-c2ccccn2)[c-]c1Cc1[c-]c(-c2ccccn2)c(F)cc1F.O=C(c1[c-]c(-c2nccc3ccccc23)ccc1)c1[c-]c(-c2nccc3ccccc23)ccc1.[Pt+2].[Pt+2].[Pt+2].[Pt+2]. The number of hydrogen-bond acceptors (Lipinski definition) is 9. The van der Waals surface area contributed by atoms with Gasteiger partial charge in [-0.3, -0.25) is 47.5 Å². The van der Waals surface area contributed by atoms with Crippen LogP contribution in [0.15, 0.2) is 340 Å². The molecule has 0 amide bonds. The van der Waals surface area contributed by atoms with Crippen LogP contribution in [0.2, 0.25) is 0 Å². The smallest absolute Gasteiger partial charge is 0.397 e. The summed E-state index contributed by atoms with van der Waals surface area (Å²) in [6, 6.07) is 122. The predicted octanol–water partition coefficient (Wildman–Crippen LogP) is 24.9. The average Bonchev–Trinajstić information content (AvgIpc) is 1.66. The third-order valence-corrected chi connectivity index (χ3v) is 22.3. The second-order valence-corrected chi connectivity index (χ2v) is 31.2. The molecular weight excluding hydrogens is 2350 g/mol. The molecule has 0 aliphatic carbocycles. The molecule has 0 spiro atoms. The number of ketones is 1. The number of halogens is 4. The van der Waals surface area contributed by atoms with Gasteiger partial charge in [-0.1, -0.05) is 218 Å². The Hall–Kier alpha value is -12.9. The normalized spacial score (nSPS) is 11.0. The Morgan fingerprint density at radius 2 is 0.692 bits per heavy atom. The number of carbonyl (C=O) groups excluding carboxylic acids is 1. The Bertz CT molecular complexity index is 6920. The number of para-hydroxylation sites is 2. The third-order valence-electron chi connectivity index (χ3n) is 22.3. The molecule has 0 radical (unpaired) electrons. The summed E-state index contributed by atoms with van der Waals surface area (Å²) in [6.45, 7) is 8.76. The average molecular weight is 2420 g/mol. The number of carbonyl (C=O) groups is 1. The summed E-state index contributed by atoms with van der Waals surface area (Å²) < 4.78 is 61.4. The van der Waals surface area contributed by atoms with E-state index in [2.05, 4.69) is 251 Å². The monoisotopic (exact) mass is 2420 g/mol. The fraction of sp³-hybridized carbons (Fsp3) is 0.0901. The van der Waals surface area contributed by atoms with Crippen LogP contribution >= 0.6 is 0 Å². The number of fused-ring (bicyclic) bond motifs is 4. The molecule has 19 heteroatoms. The van der Waals surface area contributed by atoms with E-state index >= 15 is 0 Å². The summed E-state index contributed by atoms with van der Waals surface area (Å²) in [7, 11) is 4.13. The standard InChI is InChI=1S/C31H18N2O.C29H22N4.C28H26N2.C23H12F4N2.4Pt/c34-31(25-11-5-9-23(19-25)29-27-13-3-1-7-21(27)15-17-32-29)26-12-6-10-24(20-26)30-28-14-4-2-8-22(28)16-18-33-30;1-32-26-15-5-3-9-20(26)17-28(32)24-13-7-11-22(30-24)19-23-12-8-14-25(31-23)29-18-21-10-4-6-16-27(21)33(29)2;1-27(2,25-15-5-7-17-29-25)23-13-9-11-21(19-23)22-12-10-14-24(20-22)28(3,4)26-16-6-8-18-30-26;24-18-12-20(26)16(22-5-1-3-7-28-22)10-14(18)9-15-11-17(21(27)13-19(15)25)23-6-2-4-8-29-23;;;;/h1-18H;3-16H,19H2,1-2H3;5-18H,1-4H3;1-8,12-13H,9H2;;;;/q4*-2;4*+2. The molecule has 20 rings (SSSR count). The Balaban J connectivity index is 0.000000147. The number of rotatable bonds is 17. The van der Waals surface area contributed by atoms with Gasteiger partial charge in [0.05, 0.1) is 0 Å². The van der Waals surface area contributed by atoms with E-state index in [0.717, 1.165) is 134 Å². The van der Waals surface area contributed by atoms with Crippen LogP contribution < -0.4 is 0 Å². The zero-order valence-electron chi connectivity index (χ0n) is 70.9. The van der Waals surface area contributed by atoms with Crippen LogP contribution in [0.4, 0.5) is 17.6 Å². The molecule has 11 nitrogen and oxygen atoms in total. The first-order valence-electron chi connectivity index (χ1n) is 41.0. The number of benzene rings is 10. The van der Waals surface area contributed by atoms with Crippen LogP contribution in [0.25, 0.3) is 122 Å². The first kappa shape index (κ1) is 94.7. The number of hydrogen-bond donors (Lipinski definition) is 0. The minimum Gasteiger partial charge on any atom is -0.397 e. The molecule has 0 atom stereocenters. The van der Waals surface area contributed by atoms with Crippen LogP contribution in [0.3, 0.4) is 0 Å². The van der Waals surface area contributed by atoms with E-state index in [0.29, 0.717) is 29.7 Å². The van der Waals surface area contributed by atoms with Crippen molar-refractivity contribution in [2.24, 2.45) is 14.1 Å². The minimum absolute atomic E-state index is 0. The fourth-order valence-corrected chi connectivity index (χ4v) is 15.4. The molecule has 0 aliphatic heterocycles. The summed E-state index contributed by atoms with van der Waals surface area (Å²) in [4.78, 5) is 49.7. The van der Waals surface area contributed by atoms with Crippen molar-refractivity contribution in [1.29, 1.82) is 0 Å². The van der Waals surface area contributed by atoms with Crippen LogP contribution in [-0.2, 0) is 122 Å². The van der Waals surface area contributed by atoms with Crippen LogP contribution in [0, 0.1) is 71.8 Å². The van der Waals surface area contributed by atoms with Gasteiger partial charge in [-0.2, -0.15) is 36.4 Å². The molecule has 0 fully saturated rings. The van der Waals surface area contributed by atoms with E-state index in [-0.39, 0.29) is 141 Å². The molecule has 20 aromatic rings. The van der Waals surface area contributed by atoms with E-state index in [1.165, 1.54) is 12.4 Å². The van der Waals surface area contributed by atoms with Gasteiger partial charge >= 0.3 is 84.3 Å². The van der Waals surface area contributed by atoms with E-state index in [1.807, 2.05) is 134 Å². The van der Waals surface area contributed by atoms with Crippen molar-refractivity contribution in [1.82, 2.24) is 49.0 Å². The van der Waals surface area contributed by atoms with Gasteiger partial charge in [0.1, 0.15) is 5.78 Å². The summed E-state index contributed by atoms with van der Waals surface area (Å²) in [5, 5.41) is 6.45. The largest absolute Gasteiger partial charge is 2.00 e. The topological polar surface area (TPSA) is 130 Å². The number of pyridine rings is 8. The predicted molar refractivity (Wildman–Crippen MR) is 490 cm³/mol. The van der Waals surface area contributed by atoms with Gasteiger partial charge in [0, 0.05) is 137 Å². The Morgan fingerprint density at radius 1 is 0.323 bits per heavy atom. The fourth-order valence-electron chi connectivity index (χ4n) is 15.4. The van der Waals surface area contributed by atoms with Crippen LogP contribution in [0.5, 0.6) is 0 Å². The van der Waals surface area contributed by atoms with Crippen molar-refractivity contribution >= 4 is 49.1 Å². The zero-order valence-corrected chi connectivity index (χ0v) is 80.0. The van der Waals surface area contributed by atoms with Crippen molar-refractivity contribution < 1.29 is 107 Å². The minimum atomic E-state index is -0.890. The Morgan fingerprint density at radius 3 is 1.10 bits per heavy atom. The van der Waals surface area contributed by atoms with E-state index < -0.39 is 23.3 Å². The van der Waals surface area contributed by atoms with Crippen molar-refractivity contribution in [2.75, 3.05) is 0 Å². The third kappa shape index (κ3) is 21.0. The molecular formula is C111H78F4N10OPt4. The molecule has 130 heavy (non-hydrogen) atoms. The summed E-state index contributed by atoms with van der Waals surface area (Å²) in [5.41, 5.74) is 18.5. The van der Waals surface area contributed by atoms with Crippen LogP contribution in [-0.4, -0.2) is 54.8 Å². The second-order valence-electron chi connectivity index (χ2n) is 31.2. The molecule has 646 valence electrons. The van der Waals surface area contributed by atoms with Crippen molar-refractivity contribution in [3.63, 3.8) is 0 Å². The number of nitrogens with zero attached hydrogens (tertiary/aromatic N) is 10. The van der Waals surface area contributed by atoms with Gasteiger partial charge in [0.15, 0.2) is 0 Å². The molecule has 0 aliphatic rings. The molecule has 0 saturated heterocycles. The van der Waals surface area contributed by atoms with Gasteiger partial charge in [-0.05, 0) is 122 Å². The summed E-state index contributed by atoms with van der Waals surface area (Å²) in [6.07, 6.45) is 10.6. The van der Waals surface area contributed by atoms with Gasteiger partial charge in [0.25, 0.3) is 0 Å². The second kappa shape index (κ2) is 42.6.